The summed E-state index contributed by atoms with van der Waals surface area (Å²) in [6, 6.07) is 0. The monoisotopic (exact) mass is 296 g/mol. The van der Waals surface area contributed by atoms with Crippen LogP contribution in [0.15, 0.2) is 0 Å². The Morgan fingerprint density at radius 1 is 1.15 bits per heavy atom. The molecule has 0 aromatic heterocycles. The van der Waals surface area contributed by atoms with Gasteiger partial charge in [0.15, 0.2) is 0 Å². The largest absolute Gasteiger partial charge is 0.369 e. The van der Waals surface area contributed by atoms with Crippen LogP contribution in [-0.4, -0.2) is 15.6 Å². The molecule has 0 aromatic carbocycles. The van der Waals surface area contributed by atoms with Crippen molar-refractivity contribution in [2.24, 2.45) is 0 Å². The van der Waals surface area contributed by atoms with Crippen LogP contribution in [0.4, 0.5) is 0 Å². The molecule has 78 valence electrons. The lowest BCUT2D eigenvalue weighted by molar-refractivity contribution is -0.133. The summed E-state index contributed by atoms with van der Waals surface area (Å²) < 4.78 is 7.35. The molecule has 0 aromatic rings. The summed E-state index contributed by atoms with van der Waals surface area (Å²) in [7, 11) is 0. The first kappa shape index (κ1) is 11.8. The van der Waals surface area contributed by atoms with Crippen molar-refractivity contribution in [3.8, 4) is 0 Å². The third-order valence-electron chi connectivity index (χ3n) is 2.53. The van der Waals surface area contributed by atoms with E-state index in [0.29, 0.717) is 0 Å². The smallest absolute Gasteiger partial charge is 0.0778 e. The predicted octanol–water partition coefficient (Wildman–Crippen LogP) is 3.94. The minimum Gasteiger partial charge on any atom is -0.369 e. The summed E-state index contributed by atoms with van der Waals surface area (Å²) in [5.74, 6) is 0. The molecule has 0 atom stereocenters. The van der Waals surface area contributed by atoms with Crippen LogP contribution in [0.5, 0.6) is 0 Å². The van der Waals surface area contributed by atoms with E-state index in [1.54, 1.807) is 0 Å². The molecule has 0 heterocycles. The molecule has 0 amide bonds. The van der Waals surface area contributed by atoms with Crippen molar-refractivity contribution in [2.75, 3.05) is 4.43 Å². The van der Waals surface area contributed by atoms with Gasteiger partial charge in [-0.1, -0.05) is 41.9 Å². The van der Waals surface area contributed by atoms with Crippen LogP contribution >= 0.6 is 22.6 Å². The molecule has 13 heavy (non-hydrogen) atoms. The number of hydrogen-bond acceptors (Lipinski definition) is 1. The van der Waals surface area contributed by atoms with Crippen molar-refractivity contribution in [3.63, 3.8) is 0 Å². The zero-order valence-corrected chi connectivity index (χ0v) is 11.2. The summed E-state index contributed by atoms with van der Waals surface area (Å²) in [6.45, 7) is 6.49. The van der Waals surface area contributed by atoms with Gasteiger partial charge in [0.25, 0.3) is 0 Å². The van der Waals surface area contributed by atoms with Crippen molar-refractivity contribution in [3.05, 3.63) is 0 Å². The highest BCUT2D eigenvalue weighted by atomic mass is 127. The first-order chi connectivity index (χ1) is 5.97. The Labute approximate surface area is 95.8 Å². The second-order valence-electron chi connectivity index (χ2n) is 5.09. The maximum absolute atomic E-state index is 6.21. The van der Waals surface area contributed by atoms with Crippen molar-refractivity contribution < 1.29 is 4.74 Å². The number of halogens is 1. The molecule has 0 radical (unpaired) electrons. The Bertz CT molecular complexity index is 154. The van der Waals surface area contributed by atoms with Gasteiger partial charge < -0.3 is 4.74 Å². The van der Waals surface area contributed by atoms with Gasteiger partial charge in [-0.15, -0.1) is 0 Å². The lowest BCUT2D eigenvalue weighted by atomic mass is 9.85. The molecule has 1 nitrogen and oxygen atoms in total. The summed E-state index contributed by atoms with van der Waals surface area (Å²) in [6.07, 6.45) is 6.60. The molecule has 1 aliphatic rings. The average molecular weight is 296 g/mol. The minimum atomic E-state index is 0.0164. The van der Waals surface area contributed by atoms with Gasteiger partial charge in [0.2, 0.25) is 0 Å². The van der Waals surface area contributed by atoms with Crippen LogP contribution in [0.1, 0.15) is 52.9 Å². The molecule has 0 spiro atoms. The SMILES string of the molecule is CC(C)(C)OC1(CI)CCCCC1. The summed E-state index contributed by atoms with van der Waals surface area (Å²) in [5.41, 5.74) is 0.208. The van der Waals surface area contributed by atoms with Crippen LogP contribution in [0.3, 0.4) is 0 Å². The van der Waals surface area contributed by atoms with E-state index >= 15 is 0 Å². The first-order valence-corrected chi connectivity index (χ1v) is 6.76. The maximum atomic E-state index is 6.21. The molecule has 1 rings (SSSR count). The minimum absolute atomic E-state index is 0.0164. The Morgan fingerprint density at radius 2 is 1.69 bits per heavy atom. The normalized spacial score (nSPS) is 23.1. The number of ether oxygens (including phenoxy) is 1. The van der Waals surface area contributed by atoms with Crippen LogP contribution < -0.4 is 0 Å². The lowest BCUT2D eigenvalue weighted by Gasteiger charge is -2.41. The molecule has 1 aliphatic carbocycles. The highest BCUT2D eigenvalue weighted by Crippen LogP contribution is 2.36. The summed E-state index contributed by atoms with van der Waals surface area (Å²) in [5, 5.41) is 0. The van der Waals surface area contributed by atoms with Crippen LogP contribution in [0.25, 0.3) is 0 Å². The molecule has 1 fully saturated rings. The summed E-state index contributed by atoms with van der Waals surface area (Å²) in [4.78, 5) is 0. The third kappa shape index (κ3) is 3.74. The zero-order chi connectivity index (χ0) is 9.95. The van der Waals surface area contributed by atoms with Crippen LogP contribution in [0, 0.1) is 0 Å². The second-order valence-corrected chi connectivity index (χ2v) is 5.85. The van der Waals surface area contributed by atoms with Crippen molar-refractivity contribution in [1.29, 1.82) is 0 Å². The molecule has 0 N–H and O–H groups in total. The highest BCUT2D eigenvalue weighted by molar-refractivity contribution is 14.1. The van der Waals surface area contributed by atoms with Gasteiger partial charge in [0, 0.05) is 4.43 Å². The van der Waals surface area contributed by atoms with E-state index < -0.39 is 0 Å². The molecular weight excluding hydrogens is 275 g/mol. The first-order valence-electron chi connectivity index (χ1n) is 5.24. The summed E-state index contributed by atoms with van der Waals surface area (Å²) >= 11 is 2.47. The van der Waals surface area contributed by atoms with Gasteiger partial charge >= 0.3 is 0 Å². The van der Waals surface area contributed by atoms with Crippen LogP contribution in [0.2, 0.25) is 0 Å². The van der Waals surface area contributed by atoms with E-state index in [1.165, 1.54) is 32.1 Å². The van der Waals surface area contributed by atoms with Gasteiger partial charge in [-0.25, -0.2) is 0 Å². The average Bonchev–Trinajstić information content (AvgIpc) is 2.03. The van der Waals surface area contributed by atoms with E-state index in [9.17, 15) is 0 Å². The Balaban J connectivity index is 2.57. The van der Waals surface area contributed by atoms with Gasteiger partial charge in [0.1, 0.15) is 0 Å². The van der Waals surface area contributed by atoms with E-state index in [-0.39, 0.29) is 11.2 Å². The van der Waals surface area contributed by atoms with Gasteiger partial charge in [0.05, 0.1) is 11.2 Å². The Kier molecular flexibility index (Phi) is 4.05. The third-order valence-corrected chi connectivity index (χ3v) is 3.92. The highest BCUT2D eigenvalue weighted by Gasteiger charge is 2.35. The van der Waals surface area contributed by atoms with Gasteiger partial charge in [-0.3, -0.25) is 0 Å². The van der Waals surface area contributed by atoms with Crippen molar-refractivity contribution in [1.82, 2.24) is 0 Å². The molecule has 2 heteroatoms. The lowest BCUT2D eigenvalue weighted by Crippen LogP contribution is -2.43. The number of rotatable bonds is 2. The van der Waals surface area contributed by atoms with Crippen molar-refractivity contribution in [2.45, 2.75) is 64.1 Å². The van der Waals surface area contributed by atoms with Gasteiger partial charge in [-0.05, 0) is 33.6 Å². The predicted molar refractivity (Wildman–Crippen MR) is 65.5 cm³/mol. The fourth-order valence-corrected chi connectivity index (χ4v) is 3.03. The fourth-order valence-electron chi connectivity index (χ4n) is 2.11. The molecule has 0 aliphatic heterocycles. The quantitative estimate of drug-likeness (QED) is 0.554. The number of alkyl halides is 1. The van der Waals surface area contributed by atoms with E-state index in [0.717, 1.165) is 4.43 Å². The molecule has 0 unspecified atom stereocenters. The second kappa shape index (κ2) is 4.47. The Hall–Kier alpha value is 0.690. The van der Waals surface area contributed by atoms with Crippen molar-refractivity contribution >= 4 is 22.6 Å². The van der Waals surface area contributed by atoms with E-state index in [1.807, 2.05) is 0 Å². The van der Waals surface area contributed by atoms with E-state index in [4.69, 9.17) is 4.74 Å². The molecular formula is C11H21IO. The van der Waals surface area contributed by atoms with E-state index in [2.05, 4.69) is 43.4 Å². The fraction of sp³-hybridized carbons (Fsp3) is 1.00. The van der Waals surface area contributed by atoms with Crippen LogP contribution in [-0.2, 0) is 4.74 Å². The van der Waals surface area contributed by atoms with Gasteiger partial charge in [-0.2, -0.15) is 0 Å². The maximum Gasteiger partial charge on any atom is 0.0778 e. The zero-order valence-electron chi connectivity index (χ0n) is 9.03. The molecule has 0 bridgehead atoms. The topological polar surface area (TPSA) is 9.23 Å². The molecule has 0 saturated heterocycles. The standard InChI is InChI=1S/C11H21IO/c1-10(2,3)13-11(9-12)7-5-4-6-8-11/h4-9H2,1-3H3. The number of hydrogen-bond donors (Lipinski definition) is 0. The molecule has 1 saturated carbocycles. The Morgan fingerprint density at radius 3 is 2.08 bits per heavy atom.